The normalized spacial score (nSPS) is 11.4. The summed E-state index contributed by atoms with van der Waals surface area (Å²) in [6.07, 6.45) is 2.33. The van der Waals surface area contributed by atoms with Crippen LogP contribution >= 0.6 is 0 Å². The van der Waals surface area contributed by atoms with E-state index in [0.29, 0.717) is 17.0 Å². The molecule has 2 bridgehead atoms. The van der Waals surface area contributed by atoms with Crippen molar-refractivity contribution in [1.29, 1.82) is 0 Å². The van der Waals surface area contributed by atoms with E-state index in [0.717, 1.165) is 6.20 Å². The number of hydrogen-bond acceptors (Lipinski definition) is 8. The van der Waals surface area contributed by atoms with Gasteiger partial charge in [0.25, 0.3) is 0 Å². The van der Waals surface area contributed by atoms with Gasteiger partial charge < -0.3 is 19.4 Å². The first-order valence-electron chi connectivity index (χ1n) is 10.6. The highest BCUT2D eigenvalue weighted by Crippen LogP contribution is 2.36. The molecule has 0 saturated heterocycles. The summed E-state index contributed by atoms with van der Waals surface area (Å²) in [6.45, 7) is 0.0800. The maximum atomic E-state index is 14.6. The minimum absolute atomic E-state index is 0.0469. The van der Waals surface area contributed by atoms with E-state index < -0.39 is 17.6 Å². The smallest absolute Gasteiger partial charge is 0.341 e. The van der Waals surface area contributed by atoms with Crippen molar-refractivity contribution in [3.8, 4) is 22.9 Å². The van der Waals surface area contributed by atoms with Crippen LogP contribution in [0.5, 0.6) is 0 Å². The molecule has 0 aliphatic heterocycles. The van der Waals surface area contributed by atoms with Gasteiger partial charge in [0.2, 0.25) is 0 Å². The fourth-order valence-electron chi connectivity index (χ4n) is 3.87. The SMILES string of the molecule is O=C(O)c1c(Nc2nc(-c3cc(-c4ccon4)n(Cc4ccccc4F)n3)ncc2F)c2ccc1o2. The van der Waals surface area contributed by atoms with Gasteiger partial charge in [0, 0.05) is 11.6 Å². The molecule has 5 aromatic heterocycles. The van der Waals surface area contributed by atoms with E-state index in [-0.39, 0.29) is 46.3 Å². The molecule has 0 amide bonds. The summed E-state index contributed by atoms with van der Waals surface area (Å²) in [6, 6.07) is 12.6. The lowest BCUT2D eigenvalue weighted by molar-refractivity contribution is 0.0699. The summed E-state index contributed by atoms with van der Waals surface area (Å²) in [7, 11) is 0. The van der Waals surface area contributed by atoms with Crippen molar-refractivity contribution in [2.24, 2.45) is 0 Å². The zero-order chi connectivity index (χ0) is 24.8. The van der Waals surface area contributed by atoms with Gasteiger partial charge in [0.15, 0.2) is 23.0 Å². The van der Waals surface area contributed by atoms with Crippen LogP contribution in [0.3, 0.4) is 0 Å². The summed E-state index contributed by atoms with van der Waals surface area (Å²) < 4.78 is 40.8. The molecule has 1 aromatic carbocycles. The van der Waals surface area contributed by atoms with Crippen molar-refractivity contribution in [3.05, 3.63) is 83.8 Å². The molecule has 6 aromatic rings. The van der Waals surface area contributed by atoms with Crippen molar-refractivity contribution < 1.29 is 27.6 Å². The second-order valence-corrected chi connectivity index (χ2v) is 7.78. The molecular formula is C24H14F2N6O4. The quantitative estimate of drug-likeness (QED) is 0.320. The molecule has 2 N–H and O–H groups in total. The fourth-order valence-corrected chi connectivity index (χ4v) is 3.87. The standard InChI is InChI=1S/C24H14F2N6O4/c25-13-4-2-1-3-12(13)11-32-17(15-7-8-35-31-15)9-16(30-32)23-27-10-14(26)22(29-23)28-21-19-6-5-18(36-19)20(21)24(33)34/h1-10H,11H2,(H,33,34)(H,27,28,29). The van der Waals surface area contributed by atoms with Gasteiger partial charge in [-0.25, -0.2) is 23.5 Å². The second kappa shape index (κ2) is 8.27. The van der Waals surface area contributed by atoms with E-state index in [4.69, 9.17) is 8.94 Å². The van der Waals surface area contributed by atoms with E-state index in [2.05, 4.69) is 25.5 Å². The number of halogens is 2. The fraction of sp³-hybridized carbons (Fsp3) is 0.0417. The molecule has 6 rings (SSSR count). The van der Waals surface area contributed by atoms with Gasteiger partial charge in [-0.05, 0) is 24.3 Å². The Morgan fingerprint density at radius 3 is 2.67 bits per heavy atom. The highest BCUT2D eigenvalue weighted by molar-refractivity contribution is 6.07. The van der Waals surface area contributed by atoms with Crippen LogP contribution in [0, 0.1) is 11.6 Å². The van der Waals surface area contributed by atoms with E-state index in [1.807, 2.05) is 0 Å². The molecule has 0 atom stereocenters. The lowest BCUT2D eigenvalue weighted by Crippen LogP contribution is -2.07. The minimum Gasteiger partial charge on any atom is -0.477 e. The van der Waals surface area contributed by atoms with Crippen LogP contribution in [0.1, 0.15) is 15.9 Å². The van der Waals surface area contributed by atoms with E-state index >= 15 is 0 Å². The average molecular weight is 488 g/mol. The lowest BCUT2D eigenvalue weighted by atomic mass is 10.2. The van der Waals surface area contributed by atoms with E-state index in [9.17, 15) is 18.7 Å². The Hall–Kier alpha value is -5.13. The Balaban J connectivity index is 1.40. The molecule has 0 aliphatic carbocycles. The number of carboxylic acid groups (broad SMARTS) is 1. The molecule has 0 radical (unpaired) electrons. The van der Waals surface area contributed by atoms with Crippen LogP contribution < -0.4 is 5.32 Å². The van der Waals surface area contributed by atoms with Crippen LogP contribution in [0.15, 0.2) is 69.9 Å². The summed E-state index contributed by atoms with van der Waals surface area (Å²) in [5.74, 6) is -2.66. The number of anilines is 2. The van der Waals surface area contributed by atoms with E-state index in [1.54, 1.807) is 36.4 Å². The maximum Gasteiger partial charge on any atom is 0.341 e. The number of nitrogens with zero attached hydrogens (tertiary/aromatic N) is 5. The van der Waals surface area contributed by atoms with Crippen LogP contribution in [0.25, 0.3) is 34.1 Å². The van der Waals surface area contributed by atoms with Gasteiger partial charge >= 0.3 is 5.97 Å². The van der Waals surface area contributed by atoms with Gasteiger partial charge in [0.1, 0.15) is 40.3 Å². The van der Waals surface area contributed by atoms with Crippen molar-refractivity contribution in [2.75, 3.05) is 5.32 Å². The molecule has 0 spiro atoms. The number of rotatable bonds is 7. The largest absolute Gasteiger partial charge is 0.477 e. The predicted octanol–water partition coefficient (Wildman–Crippen LogP) is 4.95. The zero-order valence-electron chi connectivity index (χ0n) is 18.1. The Kier molecular flexibility index (Phi) is 4.92. The molecular weight excluding hydrogens is 474 g/mol. The van der Waals surface area contributed by atoms with Crippen molar-refractivity contribution in [1.82, 2.24) is 24.9 Å². The molecule has 12 heteroatoms. The van der Waals surface area contributed by atoms with Crippen LogP contribution in [-0.2, 0) is 6.54 Å². The van der Waals surface area contributed by atoms with E-state index in [1.165, 1.54) is 23.1 Å². The molecule has 178 valence electrons. The van der Waals surface area contributed by atoms with Gasteiger partial charge in [-0.2, -0.15) is 5.10 Å². The molecule has 36 heavy (non-hydrogen) atoms. The first kappa shape index (κ1) is 21.4. The highest BCUT2D eigenvalue weighted by Gasteiger charge is 2.24. The Morgan fingerprint density at radius 2 is 1.89 bits per heavy atom. The monoisotopic (exact) mass is 488 g/mol. The summed E-state index contributed by atoms with van der Waals surface area (Å²) in [5, 5.41) is 20.7. The minimum atomic E-state index is -1.23. The first-order chi connectivity index (χ1) is 17.5. The number of benzene rings is 2. The topological polar surface area (TPSA) is 132 Å². The molecule has 10 nitrogen and oxygen atoms in total. The van der Waals surface area contributed by atoms with Crippen LogP contribution in [-0.4, -0.2) is 36.0 Å². The van der Waals surface area contributed by atoms with Gasteiger partial charge in [0.05, 0.1) is 18.4 Å². The molecule has 0 unspecified atom stereocenters. The van der Waals surface area contributed by atoms with Crippen molar-refractivity contribution >= 4 is 28.6 Å². The zero-order valence-corrected chi connectivity index (χ0v) is 18.1. The average Bonchev–Trinajstić information content (AvgIpc) is 3.66. The van der Waals surface area contributed by atoms with Crippen LogP contribution in [0.2, 0.25) is 0 Å². The predicted molar refractivity (Wildman–Crippen MR) is 122 cm³/mol. The summed E-state index contributed by atoms with van der Waals surface area (Å²) in [5.41, 5.74) is 1.94. The third kappa shape index (κ3) is 3.60. The van der Waals surface area contributed by atoms with Crippen molar-refractivity contribution in [2.45, 2.75) is 6.54 Å². The lowest BCUT2D eigenvalue weighted by Gasteiger charge is -2.08. The number of furan rings is 2. The summed E-state index contributed by atoms with van der Waals surface area (Å²) in [4.78, 5) is 19.9. The number of hydrogen-bond donors (Lipinski definition) is 2. The Bertz CT molecular complexity index is 1710. The third-order valence-corrected chi connectivity index (χ3v) is 5.54. The Morgan fingerprint density at radius 1 is 1.06 bits per heavy atom. The molecule has 0 fully saturated rings. The second-order valence-electron chi connectivity index (χ2n) is 7.78. The highest BCUT2D eigenvalue weighted by atomic mass is 19.1. The third-order valence-electron chi connectivity index (χ3n) is 5.54. The first-order valence-corrected chi connectivity index (χ1v) is 10.6. The number of aromatic carboxylic acids is 1. The Labute approximate surface area is 200 Å². The van der Waals surface area contributed by atoms with Gasteiger partial charge in [-0.3, -0.25) is 4.68 Å². The maximum absolute atomic E-state index is 14.6. The van der Waals surface area contributed by atoms with Gasteiger partial charge in [-0.1, -0.05) is 23.4 Å². The van der Waals surface area contributed by atoms with Crippen molar-refractivity contribution in [3.63, 3.8) is 0 Å². The number of carboxylic acids is 1. The van der Waals surface area contributed by atoms with Gasteiger partial charge in [-0.15, -0.1) is 0 Å². The number of carbonyl (C=O) groups is 1. The molecule has 5 heterocycles. The number of aromatic nitrogens is 5. The van der Waals surface area contributed by atoms with Crippen LogP contribution in [0.4, 0.5) is 20.3 Å². The molecule has 0 saturated carbocycles. The molecule has 0 aliphatic rings. The summed E-state index contributed by atoms with van der Waals surface area (Å²) >= 11 is 0. The number of nitrogens with one attached hydrogen (secondary N) is 1. The number of fused-ring (bicyclic) bond motifs is 2.